The third kappa shape index (κ3) is 4.21. The van der Waals surface area contributed by atoms with Crippen molar-refractivity contribution in [3.8, 4) is 0 Å². The van der Waals surface area contributed by atoms with Crippen LogP contribution in [0.15, 0.2) is 0 Å². The highest BCUT2D eigenvalue weighted by Crippen LogP contribution is 2.38. The average molecular weight is 343 g/mol. The summed E-state index contributed by atoms with van der Waals surface area (Å²) < 4.78 is 101. The standard InChI is InChI=1S/C8H10F5NO6S/c9-7(10,11)6(8(12,13)21(16,17)18)20-5(15)4-3-19-2-1-14-4/h4,6,14H,1-3H2,(H,16,17,18). The van der Waals surface area contributed by atoms with Crippen molar-refractivity contribution in [3.63, 3.8) is 0 Å². The summed E-state index contributed by atoms with van der Waals surface area (Å²) in [7, 11) is -6.44. The first-order valence-corrected chi connectivity index (χ1v) is 6.74. The Labute approximate surface area is 115 Å². The molecule has 1 saturated heterocycles. The van der Waals surface area contributed by atoms with Gasteiger partial charge in [-0.3, -0.25) is 9.35 Å². The van der Waals surface area contributed by atoms with E-state index in [1.165, 1.54) is 0 Å². The Morgan fingerprint density at radius 1 is 1.33 bits per heavy atom. The van der Waals surface area contributed by atoms with Crippen molar-refractivity contribution in [3.05, 3.63) is 0 Å². The van der Waals surface area contributed by atoms with Crippen molar-refractivity contribution in [1.82, 2.24) is 5.32 Å². The lowest BCUT2D eigenvalue weighted by Gasteiger charge is -2.29. The molecule has 0 aliphatic carbocycles. The number of nitrogens with one attached hydrogen (secondary N) is 1. The third-order valence-corrected chi connectivity index (χ3v) is 3.29. The minimum absolute atomic E-state index is 0.0607. The Morgan fingerprint density at radius 2 is 1.90 bits per heavy atom. The second-order valence-corrected chi connectivity index (χ2v) is 5.47. The number of alkyl halides is 5. The van der Waals surface area contributed by atoms with Crippen molar-refractivity contribution >= 4 is 16.1 Å². The van der Waals surface area contributed by atoms with Crippen molar-refractivity contribution in [2.24, 2.45) is 0 Å². The molecule has 0 bridgehead atoms. The zero-order valence-electron chi connectivity index (χ0n) is 10.1. The van der Waals surface area contributed by atoms with Crippen molar-refractivity contribution < 1.29 is 49.2 Å². The molecule has 21 heavy (non-hydrogen) atoms. The molecule has 2 atom stereocenters. The largest absolute Gasteiger partial charge is 0.443 e. The molecule has 13 heteroatoms. The Balaban J connectivity index is 2.97. The normalized spacial score (nSPS) is 22.7. The summed E-state index contributed by atoms with van der Waals surface area (Å²) in [6, 6.07) is -1.46. The van der Waals surface area contributed by atoms with E-state index in [9.17, 15) is 35.2 Å². The number of morpholine rings is 1. The van der Waals surface area contributed by atoms with E-state index in [-0.39, 0.29) is 13.2 Å². The fourth-order valence-corrected chi connectivity index (χ4v) is 1.83. The van der Waals surface area contributed by atoms with Crippen LogP contribution in [-0.2, 0) is 24.4 Å². The van der Waals surface area contributed by atoms with Crippen LogP contribution >= 0.6 is 0 Å². The molecule has 0 radical (unpaired) electrons. The van der Waals surface area contributed by atoms with Gasteiger partial charge in [-0.05, 0) is 0 Å². The third-order valence-electron chi connectivity index (χ3n) is 2.39. The van der Waals surface area contributed by atoms with Crippen LogP contribution < -0.4 is 5.32 Å². The van der Waals surface area contributed by atoms with Crippen LogP contribution in [0.3, 0.4) is 0 Å². The van der Waals surface area contributed by atoms with Crippen molar-refractivity contribution in [1.29, 1.82) is 0 Å². The van der Waals surface area contributed by atoms with Crippen LogP contribution in [0.5, 0.6) is 0 Å². The summed E-state index contributed by atoms with van der Waals surface area (Å²) in [6.45, 7) is -0.223. The number of carbonyl (C=O) groups is 1. The van der Waals surface area contributed by atoms with E-state index in [0.29, 0.717) is 0 Å². The van der Waals surface area contributed by atoms with Crippen LogP contribution in [0.4, 0.5) is 22.0 Å². The topological polar surface area (TPSA) is 102 Å². The Bertz CT molecular complexity index is 486. The van der Waals surface area contributed by atoms with Gasteiger partial charge in [0.1, 0.15) is 6.04 Å². The smallest absolute Gasteiger partial charge is 0.432 e. The predicted octanol–water partition coefficient (Wildman–Crippen LogP) is -0.0705. The van der Waals surface area contributed by atoms with Gasteiger partial charge in [0.25, 0.3) is 6.10 Å². The molecule has 1 aliphatic heterocycles. The van der Waals surface area contributed by atoms with E-state index in [4.69, 9.17) is 9.29 Å². The number of carbonyl (C=O) groups excluding carboxylic acids is 1. The molecule has 0 aromatic carbocycles. The van der Waals surface area contributed by atoms with E-state index < -0.39 is 46.3 Å². The van der Waals surface area contributed by atoms with Crippen molar-refractivity contribution in [2.45, 2.75) is 23.6 Å². The number of hydrogen-bond acceptors (Lipinski definition) is 6. The molecule has 1 fully saturated rings. The first-order chi connectivity index (χ1) is 9.37. The SMILES string of the molecule is O=C(OC(C(F)(F)F)C(F)(F)S(=O)(=O)O)C1COCCN1. The monoisotopic (exact) mass is 343 g/mol. The van der Waals surface area contributed by atoms with Gasteiger partial charge in [0.2, 0.25) is 0 Å². The molecule has 0 spiro atoms. The minimum Gasteiger partial charge on any atom is -0.443 e. The molecular weight excluding hydrogens is 333 g/mol. The van der Waals surface area contributed by atoms with Crippen LogP contribution in [0.25, 0.3) is 0 Å². The number of halogens is 5. The molecule has 1 heterocycles. The highest BCUT2D eigenvalue weighted by atomic mass is 32.2. The fraction of sp³-hybridized carbons (Fsp3) is 0.875. The molecule has 124 valence electrons. The van der Waals surface area contributed by atoms with Crippen LogP contribution in [0, 0.1) is 0 Å². The van der Waals surface area contributed by atoms with Crippen molar-refractivity contribution in [2.75, 3.05) is 19.8 Å². The molecule has 1 aliphatic rings. The molecule has 0 amide bonds. The predicted molar refractivity (Wildman–Crippen MR) is 55.0 cm³/mol. The zero-order chi connectivity index (χ0) is 16.5. The molecule has 0 aromatic rings. The van der Waals surface area contributed by atoms with Gasteiger partial charge in [0.15, 0.2) is 0 Å². The highest BCUT2D eigenvalue weighted by molar-refractivity contribution is 7.86. The number of hydrogen-bond donors (Lipinski definition) is 2. The fourth-order valence-electron chi connectivity index (χ4n) is 1.38. The van der Waals surface area contributed by atoms with Gasteiger partial charge in [-0.1, -0.05) is 0 Å². The maximum Gasteiger partial charge on any atom is 0.432 e. The van der Waals surface area contributed by atoms with Gasteiger partial charge in [-0.2, -0.15) is 30.4 Å². The van der Waals surface area contributed by atoms with E-state index in [0.717, 1.165) is 0 Å². The number of esters is 1. The summed E-state index contributed by atoms with van der Waals surface area (Å²) in [5.74, 6) is -1.78. The summed E-state index contributed by atoms with van der Waals surface area (Å²) >= 11 is 0. The van der Waals surface area contributed by atoms with Gasteiger partial charge >= 0.3 is 27.5 Å². The van der Waals surface area contributed by atoms with E-state index in [2.05, 4.69) is 10.1 Å². The zero-order valence-corrected chi connectivity index (χ0v) is 10.9. The molecule has 1 rings (SSSR count). The van der Waals surface area contributed by atoms with Gasteiger partial charge < -0.3 is 14.8 Å². The maximum atomic E-state index is 13.1. The second kappa shape index (κ2) is 5.98. The first-order valence-electron chi connectivity index (χ1n) is 5.30. The van der Waals surface area contributed by atoms with Gasteiger partial charge in [-0.25, -0.2) is 0 Å². The molecule has 2 unspecified atom stereocenters. The second-order valence-electron chi connectivity index (χ2n) is 3.98. The quantitative estimate of drug-likeness (QED) is 0.418. The Morgan fingerprint density at radius 3 is 2.29 bits per heavy atom. The summed E-state index contributed by atoms with van der Waals surface area (Å²) in [6.07, 6.45) is -10.2. The molecular formula is C8H10F5NO6S. The van der Waals surface area contributed by atoms with E-state index in [1.54, 1.807) is 0 Å². The number of rotatable bonds is 4. The van der Waals surface area contributed by atoms with E-state index in [1.807, 2.05) is 0 Å². The molecule has 2 N–H and O–H groups in total. The van der Waals surface area contributed by atoms with Crippen LogP contribution in [-0.4, -0.2) is 62.3 Å². The van der Waals surface area contributed by atoms with Crippen LogP contribution in [0.2, 0.25) is 0 Å². The van der Waals surface area contributed by atoms with Crippen LogP contribution in [0.1, 0.15) is 0 Å². The van der Waals surface area contributed by atoms with Gasteiger partial charge in [0.05, 0.1) is 13.2 Å². The molecule has 0 aromatic heterocycles. The molecule has 0 saturated carbocycles. The lowest BCUT2D eigenvalue weighted by molar-refractivity contribution is -0.260. The maximum absolute atomic E-state index is 13.1. The van der Waals surface area contributed by atoms with Gasteiger partial charge in [-0.15, -0.1) is 0 Å². The first kappa shape index (κ1) is 18.0. The number of ether oxygens (including phenoxy) is 2. The molecule has 7 nitrogen and oxygen atoms in total. The lowest BCUT2D eigenvalue weighted by atomic mass is 10.2. The Hall–Kier alpha value is -1.05. The minimum atomic E-state index is -6.44. The summed E-state index contributed by atoms with van der Waals surface area (Å²) in [5, 5.41) is -3.40. The average Bonchev–Trinajstić information content (AvgIpc) is 2.33. The van der Waals surface area contributed by atoms with Gasteiger partial charge in [0, 0.05) is 6.54 Å². The highest BCUT2D eigenvalue weighted by Gasteiger charge is 2.66. The lowest BCUT2D eigenvalue weighted by Crippen LogP contribution is -2.55. The summed E-state index contributed by atoms with van der Waals surface area (Å²) in [4.78, 5) is 11.4. The summed E-state index contributed by atoms with van der Waals surface area (Å²) in [5.41, 5.74) is 0. The Kier molecular flexibility index (Phi) is 5.13. The van der Waals surface area contributed by atoms with E-state index >= 15 is 0 Å².